The van der Waals surface area contributed by atoms with Crippen molar-refractivity contribution < 1.29 is 23.0 Å². The third kappa shape index (κ3) is 8.58. The lowest BCUT2D eigenvalue weighted by atomic mass is 10.1. The molecule has 0 saturated heterocycles. The summed E-state index contributed by atoms with van der Waals surface area (Å²) < 4.78 is 25.4. The Morgan fingerprint density at radius 1 is 1.00 bits per heavy atom. The number of rotatable bonds is 8. The minimum absolute atomic E-state index is 0.238. The maximum atomic E-state index is 13.0. The first-order valence-corrected chi connectivity index (χ1v) is 11.5. The van der Waals surface area contributed by atoms with Crippen molar-refractivity contribution in [3.8, 4) is 0 Å². The first-order valence-electron chi connectivity index (χ1n) is 10.0. The lowest BCUT2D eigenvalue weighted by Gasteiger charge is -2.26. The van der Waals surface area contributed by atoms with Crippen LogP contribution in [0.1, 0.15) is 26.3 Å². The van der Waals surface area contributed by atoms with Gasteiger partial charge < -0.3 is 15.5 Å². The van der Waals surface area contributed by atoms with Crippen molar-refractivity contribution in [1.82, 2.24) is 5.32 Å². The number of aryl methyl sites for hydroxylation is 1. The van der Waals surface area contributed by atoms with Gasteiger partial charge in [-0.25, -0.2) is 4.39 Å². The fraction of sp³-hybridized carbons (Fsp3) is 0.348. The second-order valence-corrected chi connectivity index (χ2v) is 9.86. The van der Waals surface area contributed by atoms with Crippen LogP contribution in [0.5, 0.6) is 0 Å². The van der Waals surface area contributed by atoms with Crippen LogP contribution in [0.25, 0.3) is 0 Å². The number of nitrogens with zero attached hydrogens (tertiary/aromatic N) is 1. The van der Waals surface area contributed by atoms with Crippen molar-refractivity contribution in [3.63, 3.8) is 0 Å². The fourth-order valence-corrected chi connectivity index (χ4v) is 3.76. The van der Waals surface area contributed by atoms with E-state index in [1.165, 1.54) is 29.2 Å². The standard InChI is InChI=1S/C23H28FN3O4S/c1-16-6-5-7-19(12-16)27(13-20(28)26-23(2,3)4)22(30)15-32(31)14-21(29)25-18-10-8-17(24)9-11-18/h5-12H,13-15H2,1-4H3,(H,25,29)(H,26,28)/t32-/m0/s1. The van der Waals surface area contributed by atoms with Crippen LogP contribution in [0.2, 0.25) is 0 Å². The zero-order valence-electron chi connectivity index (χ0n) is 18.6. The SMILES string of the molecule is Cc1cccc(N(CC(=O)NC(C)(C)C)C(=O)C[S@@](=O)CC(=O)Nc2ccc(F)cc2)c1. The quantitative estimate of drug-likeness (QED) is 0.632. The van der Waals surface area contributed by atoms with Crippen LogP contribution in [0.3, 0.4) is 0 Å². The summed E-state index contributed by atoms with van der Waals surface area (Å²) in [5.74, 6) is -2.72. The topological polar surface area (TPSA) is 95.6 Å². The first-order chi connectivity index (χ1) is 14.9. The van der Waals surface area contributed by atoms with Crippen molar-refractivity contribution in [2.75, 3.05) is 28.3 Å². The van der Waals surface area contributed by atoms with Gasteiger partial charge >= 0.3 is 0 Å². The Morgan fingerprint density at radius 3 is 2.25 bits per heavy atom. The summed E-state index contributed by atoms with van der Waals surface area (Å²) in [6, 6.07) is 12.2. The number of hydrogen-bond acceptors (Lipinski definition) is 4. The molecular weight excluding hydrogens is 433 g/mol. The van der Waals surface area contributed by atoms with E-state index in [-0.39, 0.29) is 12.5 Å². The van der Waals surface area contributed by atoms with E-state index in [2.05, 4.69) is 10.6 Å². The lowest BCUT2D eigenvalue weighted by Crippen LogP contribution is -2.48. The van der Waals surface area contributed by atoms with E-state index in [4.69, 9.17) is 0 Å². The number of carbonyl (C=O) groups is 3. The molecule has 7 nitrogen and oxygen atoms in total. The summed E-state index contributed by atoms with van der Waals surface area (Å²) in [5.41, 5.74) is 1.29. The van der Waals surface area contributed by atoms with Gasteiger partial charge in [-0.1, -0.05) is 12.1 Å². The van der Waals surface area contributed by atoms with Gasteiger partial charge in [0.15, 0.2) is 0 Å². The highest BCUT2D eigenvalue weighted by Gasteiger charge is 2.24. The highest BCUT2D eigenvalue weighted by atomic mass is 32.2. The Hall–Kier alpha value is -3.07. The van der Waals surface area contributed by atoms with E-state index < -0.39 is 45.5 Å². The van der Waals surface area contributed by atoms with Crippen LogP contribution >= 0.6 is 0 Å². The van der Waals surface area contributed by atoms with Crippen LogP contribution in [0.4, 0.5) is 15.8 Å². The van der Waals surface area contributed by atoms with Gasteiger partial charge in [-0.05, 0) is 69.7 Å². The highest BCUT2D eigenvalue weighted by Crippen LogP contribution is 2.17. The summed E-state index contributed by atoms with van der Waals surface area (Å²) in [4.78, 5) is 38.8. The molecule has 0 aliphatic rings. The van der Waals surface area contributed by atoms with Crippen LogP contribution in [-0.2, 0) is 25.2 Å². The molecule has 0 unspecified atom stereocenters. The van der Waals surface area contributed by atoms with Gasteiger partial charge in [0, 0.05) is 27.7 Å². The lowest BCUT2D eigenvalue weighted by molar-refractivity contribution is -0.124. The number of anilines is 2. The highest BCUT2D eigenvalue weighted by molar-refractivity contribution is 7.86. The molecule has 0 spiro atoms. The second kappa shape index (κ2) is 11.0. The molecule has 0 aliphatic carbocycles. The number of hydrogen-bond donors (Lipinski definition) is 2. The van der Waals surface area contributed by atoms with Crippen molar-refractivity contribution in [2.45, 2.75) is 33.2 Å². The minimum atomic E-state index is -1.80. The van der Waals surface area contributed by atoms with E-state index in [0.717, 1.165) is 5.56 Å². The van der Waals surface area contributed by atoms with Crippen molar-refractivity contribution in [2.24, 2.45) is 0 Å². The summed E-state index contributed by atoms with van der Waals surface area (Å²) >= 11 is 0. The molecule has 2 aromatic rings. The maximum Gasteiger partial charge on any atom is 0.240 e. The van der Waals surface area contributed by atoms with Crippen molar-refractivity contribution in [3.05, 3.63) is 59.9 Å². The third-order valence-electron chi connectivity index (χ3n) is 4.14. The van der Waals surface area contributed by atoms with E-state index in [1.54, 1.807) is 18.2 Å². The fourth-order valence-electron chi connectivity index (χ4n) is 2.86. The Morgan fingerprint density at radius 2 is 1.66 bits per heavy atom. The average molecular weight is 462 g/mol. The Kier molecular flexibility index (Phi) is 8.65. The van der Waals surface area contributed by atoms with E-state index in [1.807, 2.05) is 33.8 Å². The molecule has 0 aromatic heterocycles. The smallest absolute Gasteiger partial charge is 0.240 e. The molecule has 2 N–H and O–H groups in total. The molecular formula is C23H28FN3O4S. The molecule has 0 aliphatic heterocycles. The molecule has 172 valence electrons. The van der Waals surface area contributed by atoms with Crippen molar-refractivity contribution >= 4 is 39.9 Å². The minimum Gasteiger partial charge on any atom is -0.350 e. The van der Waals surface area contributed by atoms with E-state index in [0.29, 0.717) is 11.4 Å². The van der Waals surface area contributed by atoms with Gasteiger partial charge in [0.1, 0.15) is 23.9 Å². The molecule has 2 rings (SSSR count). The molecule has 2 aromatic carbocycles. The van der Waals surface area contributed by atoms with Gasteiger partial charge in [0.2, 0.25) is 17.7 Å². The molecule has 9 heteroatoms. The molecule has 32 heavy (non-hydrogen) atoms. The van der Waals surface area contributed by atoms with Gasteiger partial charge in [0.05, 0.1) is 0 Å². The zero-order chi connectivity index (χ0) is 23.9. The van der Waals surface area contributed by atoms with Crippen LogP contribution in [0.15, 0.2) is 48.5 Å². The van der Waals surface area contributed by atoms with Crippen LogP contribution in [0, 0.1) is 12.7 Å². The normalized spacial score (nSPS) is 12.0. The summed E-state index contributed by atoms with van der Waals surface area (Å²) in [6.45, 7) is 7.12. The maximum absolute atomic E-state index is 13.0. The van der Waals surface area contributed by atoms with Gasteiger partial charge in [0.25, 0.3) is 0 Å². The summed E-state index contributed by atoms with van der Waals surface area (Å²) in [5, 5.41) is 5.32. The number of halogens is 1. The van der Waals surface area contributed by atoms with Crippen molar-refractivity contribution in [1.29, 1.82) is 0 Å². The van der Waals surface area contributed by atoms with Crippen LogP contribution in [-0.4, -0.2) is 45.5 Å². The van der Waals surface area contributed by atoms with Crippen LogP contribution < -0.4 is 15.5 Å². The molecule has 0 fully saturated rings. The first kappa shape index (κ1) is 25.2. The van der Waals surface area contributed by atoms with Gasteiger partial charge in [-0.2, -0.15) is 0 Å². The number of carbonyl (C=O) groups excluding carboxylic acids is 3. The predicted molar refractivity (Wildman–Crippen MR) is 124 cm³/mol. The van der Waals surface area contributed by atoms with E-state index >= 15 is 0 Å². The summed E-state index contributed by atoms with van der Waals surface area (Å²) in [7, 11) is -1.80. The zero-order valence-corrected chi connectivity index (χ0v) is 19.4. The molecule has 0 saturated carbocycles. The molecule has 0 bridgehead atoms. The monoisotopic (exact) mass is 461 g/mol. The molecule has 1 atom stereocenters. The largest absolute Gasteiger partial charge is 0.350 e. The van der Waals surface area contributed by atoms with Gasteiger partial charge in [-0.15, -0.1) is 0 Å². The Bertz CT molecular complexity index is 1000. The predicted octanol–water partition coefficient (Wildman–Crippen LogP) is 2.77. The van der Waals surface area contributed by atoms with E-state index in [9.17, 15) is 23.0 Å². The number of nitrogens with one attached hydrogen (secondary N) is 2. The second-order valence-electron chi connectivity index (χ2n) is 8.40. The Labute approximate surface area is 189 Å². The van der Waals surface area contributed by atoms with Gasteiger partial charge in [-0.3, -0.25) is 18.6 Å². The summed E-state index contributed by atoms with van der Waals surface area (Å²) in [6.07, 6.45) is 0. The Balaban J connectivity index is 2.06. The third-order valence-corrected chi connectivity index (χ3v) is 5.29. The molecule has 0 radical (unpaired) electrons. The molecule has 3 amide bonds. The number of amides is 3. The number of benzene rings is 2. The molecule has 0 heterocycles. The average Bonchev–Trinajstić information content (AvgIpc) is 2.66.